The van der Waals surface area contributed by atoms with Gasteiger partial charge in [0.05, 0.1) is 33.8 Å². The summed E-state index contributed by atoms with van der Waals surface area (Å²) in [6.45, 7) is 2.35. The summed E-state index contributed by atoms with van der Waals surface area (Å²) < 4.78 is 1.72. The number of nitro groups is 1. The van der Waals surface area contributed by atoms with Crippen LogP contribution < -0.4 is 4.90 Å². The van der Waals surface area contributed by atoms with Crippen molar-refractivity contribution in [2.75, 3.05) is 11.4 Å². The minimum absolute atomic E-state index is 0.0137. The van der Waals surface area contributed by atoms with Crippen molar-refractivity contribution in [2.24, 2.45) is 0 Å². The number of carbonyl (C=O) groups is 1. The van der Waals surface area contributed by atoms with E-state index in [1.807, 2.05) is 37.3 Å². The maximum Gasteiger partial charge on any atom is 0.271 e. The van der Waals surface area contributed by atoms with Gasteiger partial charge in [0.2, 0.25) is 0 Å². The van der Waals surface area contributed by atoms with Crippen molar-refractivity contribution in [3.05, 3.63) is 81.7 Å². The monoisotopic (exact) mass is 348 g/mol. The van der Waals surface area contributed by atoms with Crippen LogP contribution in [-0.2, 0) is 6.42 Å². The SMILES string of the molecule is Cc1c(C(=O)N2CCc3ccc([N+](=O)[O-])cc32)cnn1-c1ccccc1. The summed E-state index contributed by atoms with van der Waals surface area (Å²) in [6.07, 6.45) is 2.24. The second-order valence-corrected chi connectivity index (χ2v) is 6.17. The fourth-order valence-corrected chi connectivity index (χ4v) is 3.29. The van der Waals surface area contributed by atoms with Crippen molar-refractivity contribution in [2.45, 2.75) is 13.3 Å². The molecule has 7 heteroatoms. The molecule has 1 amide bonds. The average molecular weight is 348 g/mol. The first kappa shape index (κ1) is 16.0. The molecule has 0 radical (unpaired) electrons. The van der Waals surface area contributed by atoms with Crippen LogP contribution >= 0.6 is 0 Å². The first-order valence-electron chi connectivity index (χ1n) is 8.25. The second-order valence-electron chi connectivity index (χ2n) is 6.17. The number of amides is 1. The van der Waals surface area contributed by atoms with Crippen LogP contribution in [0.5, 0.6) is 0 Å². The molecule has 0 saturated heterocycles. The van der Waals surface area contributed by atoms with Crippen LogP contribution in [0.25, 0.3) is 5.69 Å². The number of hydrogen-bond donors (Lipinski definition) is 0. The third-order valence-corrected chi connectivity index (χ3v) is 4.66. The molecule has 0 spiro atoms. The lowest BCUT2D eigenvalue weighted by Crippen LogP contribution is -2.29. The molecule has 4 rings (SSSR count). The number of carbonyl (C=O) groups excluding carboxylic acids is 1. The molecule has 1 aromatic heterocycles. The highest BCUT2D eigenvalue weighted by Gasteiger charge is 2.29. The molecule has 130 valence electrons. The fourth-order valence-electron chi connectivity index (χ4n) is 3.29. The zero-order valence-corrected chi connectivity index (χ0v) is 14.1. The first-order chi connectivity index (χ1) is 12.6. The molecule has 0 N–H and O–H groups in total. The van der Waals surface area contributed by atoms with Gasteiger partial charge in [-0.1, -0.05) is 24.3 Å². The Balaban J connectivity index is 1.70. The molecule has 0 bridgehead atoms. The van der Waals surface area contributed by atoms with Crippen LogP contribution in [0, 0.1) is 17.0 Å². The van der Waals surface area contributed by atoms with Gasteiger partial charge in [-0.15, -0.1) is 0 Å². The van der Waals surface area contributed by atoms with Gasteiger partial charge in [-0.2, -0.15) is 5.10 Å². The van der Waals surface area contributed by atoms with Crippen molar-refractivity contribution in [1.82, 2.24) is 9.78 Å². The number of aromatic nitrogens is 2. The summed E-state index contributed by atoms with van der Waals surface area (Å²) >= 11 is 0. The molecule has 0 unspecified atom stereocenters. The average Bonchev–Trinajstić information content (AvgIpc) is 3.25. The number of non-ortho nitro benzene ring substituents is 1. The summed E-state index contributed by atoms with van der Waals surface area (Å²) in [5.74, 6) is -0.191. The summed E-state index contributed by atoms with van der Waals surface area (Å²) in [5, 5.41) is 15.4. The molecule has 26 heavy (non-hydrogen) atoms. The molecule has 2 aromatic carbocycles. The molecule has 1 aliphatic rings. The number of benzene rings is 2. The first-order valence-corrected chi connectivity index (χ1v) is 8.25. The lowest BCUT2D eigenvalue weighted by atomic mass is 10.1. The van der Waals surface area contributed by atoms with Gasteiger partial charge in [0.15, 0.2) is 0 Å². The Kier molecular flexibility index (Phi) is 3.76. The van der Waals surface area contributed by atoms with E-state index in [1.165, 1.54) is 12.1 Å². The van der Waals surface area contributed by atoms with Crippen molar-refractivity contribution < 1.29 is 9.72 Å². The molecule has 0 saturated carbocycles. The Bertz CT molecular complexity index is 1010. The largest absolute Gasteiger partial charge is 0.307 e. The molecule has 0 atom stereocenters. The van der Waals surface area contributed by atoms with Gasteiger partial charge in [0.1, 0.15) is 0 Å². The molecule has 0 aliphatic carbocycles. The molecule has 2 heterocycles. The minimum atomic E-state index is -0.445. The van der Waals surface area contributed by atoms with E-state index >= 15 is 0 Å². The summed E-state index contributed by atoms with van der Waals surface area (Å²) in [4.78, 5) is 25.3. The summed E-state index contributed by atoms with van der Waals surface area (Å²) in [7, 11) is 0. The van der Waals surface area contributed by atoms with Crippen molar-refractivity contribution in [3.63, 3.8) is 0 Å². The van der Waals surface area contributed by atoms with E-state index in [0.29, 0.717) is 24.2 Å². The predicted octanol–water partition coefficient (Wildman–Crippen LogP) is 3.29. The topological polar surface area (TPSA) is 81.3 Å². The molecule has 1 aliphatic heterocycles. The van der Waals surface area contributed by atoms with Gasteiger partial charge >= 0.3 is 0 Å². The lowest BCUT2D eigenvalue weighted by molar-refractivity contribution is -0.384. The van der Waals surface area contributed by atoms with Gasteiger partial charge < -0.3 is 4.90 Å². The standard InChI is InChI=1S/C19H16N4O3/c1-13-17(12-20-22(13)15-5-3-2-4-6-15)19(24)21-10-9-14-7-8-16(23(25)26)11-18(14)21/h2-8,11-12H,9-10H2,1H3. The van der Waals surface area contributed by atoms with Gasteiger partial charge in [-0.3, -0.25) is 14.9 Å². The molecular weight excluding hydrogens is 332 g/mol. The van der Waals surface area contributed by atoms with E-state index < -0.39 is 4.92 Å². The highest BCUT2D eigenvalue weighted by Crippen LogP contribution is 2.33. The Labute approximate surface area is 149 Å². The quantitative estimate of drug-likeness (QED) is 0.537. The molecular formula is C19H16N4O3. The fraction of sp³-hybridized carbons (Fsp3) is 0.158. The number of anilines is 1. The number of nitro benzene ring substituents is 1. The normalized spacial score (nSPS) is 12.9. The van der Waals surface area contributed by atoms with Crippen molar-refractivity contribution in [3.8, 4) is 5.69 Å². The van der Waals surface area contributed by atoms with E-state index in [-0.39, 0.29) is 11.6 Å². The molecule has 3 aromatic rings. The number of para-hydroxylation sites is 1. The maximum atomic E-state index is 13.1. The summed E-state index contributed by atoms with van der Waals surface area (Å²) in [5.41, 5.74) is 3.64. The van der Waals surface area contributed by atoms with Crippen molar-refractivity contribution >= 4 is 17.3 Å². The van der Waals surface area contributed by atoms with Crippen LogP contribution in [-0.4, -0.2) is 27.2 Å². The Morgan fingerprint density at radius 3 is 2.69 bits per heavy atom. The van der Waals surface area contributed by atoms with Gasteiger partial charge in [0, 0.05) is 18.7 Å². The minimum Gasteiger partial charge on any atom is -0.307 e. The van der Waals surface area contributed by atoms with Gasteiger partial charge in [-0.25, -0.2) is 4.68 Å². The van der Waals surface area contributed by atoms with E-state index in [0.717, 1.165) is 16.9 Å². The molecule has 0 fully saturated rings. The second kappa shape index (κ2) is 6.11. The van der Waals surface area contributed by atoms with E-state index in [4.69, 9.17) is 0 Å². The Hall–Kier alpha value is -3.48. The number of hydrogen-bond acceptors (Lipinski definition) is 4. The van der Waals surface area contributed by atoms with Crippen LogP contribution in [0.15, 0.2) is 54.7 Å². The highest BCUT2D eigenvalue weighted by molar-refractivity contribution is 6.08. The van der Waals surface area contributed by atoms with E-state index in [2.05, 4.69) is 5.10 Å². The third kappa shape index (κ3) is 2.54. The molecule has 7 nitrogen and oxygen atoms in total. The summed E-state index contributed by atoms with van der Waals surface area (Å²) in [6, 6.07) is 14.2. The van der Waals surface area contributed by atoms with Crippen LogP contribution in [0.2, 0.25) is 0 Å². The van der Waals surface area contributed by atoms with Crippen LogP contribution in [0.4, 0.5) is 11.4 Å². The third-order valence-electron chi connectivity index (χ3n) is 4.66. The maximum absolute atomic E-state index is 13.1. The Morgan fingerprint density at radius 1 is 1.19 bits per heavy atom. The van der Waals surface area contributed by atoms with Crippen LogP contribution in [0.3, 0.4) is 0 Å². The van der Waals surface area contributed by atoms with Crippen LogP contribution in [0.1, 0.15) is 21.6 Å². The van der Waals surface area contributed by atoms with E-state index in [1.54, 1.807) is 21.8 Å². The predicted molar refractivity (Wildman–Crippen MR) is 96.8 cm³/mol. The zero-order valence-electron chi connectivity index (χ0n) is 14.1. The number of nitrogens with zero attached hydrogens (tertiary/aromatic N) is 4. The number of rotatable bonds is 3. The number of fused-ring (bicyclic) bond motifs is 1. The van der Waals surface area contributed by atoms with Crippen molar-refractivity contribution in [1.29, 1.82) is 0 Å². The Morgan fingerprint density at radius 2 is 1.96 bits per heavy atom. The van der Waals surface area contributed by atoms with Gasteiger partial charge in [0.25, 0.3) is 11.6 Å². The van der Waals surface area contributed by atoms with Gasteiger partial charge in [-0.05, 0) is 31.0 Å². The zero-order chi connectivity index (χ0) is 18.3. The smallest absolute Gasteiger partial charge is 0.271 e. The highest BCUT2D eigenvalue weighted by atomic mass is 16.6. The van der Waals surface area contributed by atoms with E-state index in [9.17, 15) is 14.9 Å². The lowest BCUT2D eigenvalue weighted by Gasteiger charge is -2.17.